The third-order valence-electron chi connectivity index (χ3n) is 3.63. The van der Waals surface area contributed by atoms with E-state index in [1.807, 2.05) is 0 Å². The Balaban J connectivity index is 0.00000312. The minimum atomic E-state index is -4.89. The summed E-state index contributed by atoms with van der Waals surface area (Å²) >= 11 is 0. The van der Waals surface area contributed by atoms with E-state index in [4.69, 9.17) is 0 Å². The minimum absolute atomic E-state index is 0. The zero-order valence-electron chi connectivity index (χ0n) is 13.2. The molecule has 142 valence electrons. The predicted octanol–water partition coefficient (Wildman–Crippen LogP) is 1.94. The quantitative estimate of drug-likeness (QED) is 0.752. The molecule has 2 rings (SSSR count). The highest BCUT2D eigenvalue weighted by atomic mass is 35.5. The highest BCUT2D eigenvalue weighted by Gasteiger charge is 2.37. The van der Waals surface area contributed by atoms with Gasteiger partial charge in [0.1, 0.15) is 0 Å². The van der Waals surface area contributed by atoms with E-state index >= 15 is 0 Å². The van der Waals surface area contributed by atoms with Crippen LogP contribution in [-0.4, -0.2) is 40.6 Å². The number of sulfonamides is 1. The lowest BCUT2D eigenvalue weighted by Crippen LogP contribution is -2.45. The van der Waals surface area contributed by atoms with Crippen LogP contribution in [-0.2, 0) is 20.9 Å². The molecule has 1 saturated heterocycles. The molecule has 6 nitrogen and oxygen atoms in total. The smallest absolute Gasteiger partial charge is 0.417 e. The second-order valence-corrected chi connectivity index (χ2v) is 7.08. The number of esters is 1. The highest BCUT2D eigenvalue weighted by molar-refractivity contribution is 7.89. The van der Waals surface area contributed by atoms with E-state index in [9.17, 15) is 26.4 Å². The molecule has 0 bridgehead atoms. The van der Waals surface area contributed by atoms with Gasteiger partial charge in [-0.25, -0.2) is 17.9 Å². The van der Waals surface area contributed by atoms with Crippen LogP contribution in [0.2, 0.25) is 0 Å². The van der Waals surface area contributed by atoms with Crippen molar-refractivity contribution in [1.29, 1.82) is 0 Å². The summed E-state index contributed by atoms with van der Waals surface area (Å²) in [5, 5.41) is 3.01. The Hall–Kier alpha value is -1.36. The van der Waals surface area contributed by atoms with Crippen molar-refractivity contribution in [3.05, 3.63) is 29.3 Å². The van der Waals surface area contributed by atoms with E-state index < -0.39 is 44.2 Å². The molecule has 11 heteroatoms. The Bertz CT molecular complexity index is 719. The molecule has 1 heterocycles. The van der Waals surface area contributed by atoms with Gasteiger partial charge in [-0.1, -0.05) is 0 Å². The van der Waals surface area contributed by atoms with E-state index in [2.05, 4.69) is 14.8 Å². The molecule has 1 aromatic carbocycles. The molecule has 1 aliphatic heterocycles. The maximum Gasteiger partial charge on any atom is 0.417 e. The van der Waals surface area contributed by atoms with Gasteiger partial charge in [0.25, 0.3) is 0 Å². The van der Waals surface area contributed by atoms with E-state index in [1.165, 1.54) is 0 Å². The number of hydrogen-bond acceptors (Lipinski definition) is 5. The van der Waals surface area contributed by atoms with Crippen LogP contribution in [0.3, 0.4) is 0 Å². The molecular weight excluding hydrogens is 385 g/mol. The van der Waals surface area contributed by atoms with Crippen molar-refractivity contribution in [2.75, 3.05) is 20.2 Å². The molecule has 25 heavy (non-hydrogen) atoms. The summed E-state index contributed by atoms with van der Waals surface area (Å²) in [6, 6.07) is 1.83. The standard InChI is InChI=1S/C14H17F3N2O4S.ClH/c1-23-13(20)11-5-4-10(7-12(11)14(15,16)17)24(21,22)19-9-3-2-6-18-8-9;/h4-5,7,9,18-19H,2-3,6,8H2,1H3;1H/t9-;/m1./s1. The normalized spacial score (nSPS) is 18.3. The number of halogens is 4. The predicted molar refractivity (Wildman–Crippen MR) is 86.2 cm³/mol. The van der Waals surface area contributed by atoms with E-state index in [-0.39, 0.29) is 12.4 Å². The Kier molecular flexibility index (Phi) is 7.24. The first-order chi connectivity index (χ1) is 11.1. The molecule has 1 fully saturated rings. The molecule has 1 atom stereocenters. The number of ether oxygens (including phenoxy) is 1. The number of nitrogens with one attached hydrogen (secondary N) is 2. The molecule has 0 aromatic heterocycles. The first-order valence-electron chi connectivity index (χ1n) is 7.18. The molecule has 1 aromatic rings. The fourth-order valence-corrected chi connectivity index (χ4v) is 3.75. The van der Waals surface area contributed by atoms with Crippen LogP contribution in [0.15, 0.2) is 23.1 Å². The topological polar surface area (TPSA) is 84.5 Å². The highest BCUT2D eigenvalue weighted by Crippen LogP contribution is 2.34. The third kappa shape index (κ3) is 5.30. The molecule has 0 amide bonds. The lowest BCUT2D eigenvalue weighted by molar-refractivity contribution is -0.138. The van der Waals surface area contributed by atoms with Gasteiger partial charge in [-0.15, -0.1) is 12.4 Å². The average Bonchev–Trinajstić information content (AvgIpc) is 2.53. The van der Waals surface area contributed by atoms with Crippen LogP contribution < -0.4 is 10.0 Å². The lowest BCUT2D eigenvalue weighted by atomic mass is 10.1. The van der Waals surface area contributed by atoms with E-state index in [0.717, 1.165) is 32.2 Å². The van der Waals surface area contributed by atoms with Gasteiger partial charge in [-0.3, -0.25) is 0 Å². The Labute approximate surface area is 149 Å². The SMILES string of the molecule is COC(=O)c1ccc(S(=O)(=O)N[C@@H]2CCCNC2)cc1C(F)(F)F.Cl. The zero-order chi connectivity index (χ0) is 18.0. The monoisotopic (exact) mass is 402 g/mol. The largest absolute Gasteiger partial charge is 0.465 e. The molecule has 0 spiro atoms. The second-order valence-electron chi connectivity index (χ2n) is 5.36. The Morgan fingerprint density at radius 2 is 2.04 bits per heavy atom. The average molecular weight is 403 g/mol. The first kappa shape index (κ1) is 21.7. The number of carbonyl (C=O) groups is 1. The number of piperidine rings is 1. The first-order valence-corrected chi connectivity index (χ1v) is 8.66. The molecule has 0 aliphatic carbocycles. The molecule has 0 unspecified atom stereocenters. The Morgan fingerprint density at radius 3 is 2.56 bits per heavy atom. The van der Waals surface area contributed by atoms with Gasteiger partial charge in [0.15, 0.2) is 0 Å². The summed E-state index contributed by atoms with van der Waals surface area (Å²) < 4.78 is 70.7. The zero-order valence-corrected chi connectivity index (χ0v) is 14.9. The number of carbonyl (C=O) groups excluding carboxylic acids is 1. The summed E-state index contributed by atoms with van der Waals surface area (Å²) in [7, 11) is -3.18. The van der Waals surface area contributed by atoms with Crippen LogP contribution >= 0.6 is 12.4 Å². The number of hydrogen-bond donors (Lipinski definition) is 2. The van der Waals surface area contributed by atoms with Gasteiger partial charge < -0.3 is 10.1 Å². The molecule has 2 N–H and O–H groups in total. The number of alkyl halides is 3. The summed E-state index contributed by atoms with van der Waals surface area (Å²) in [4.78, 5) is 10.9. The second kappa shape index (κ2) is 8.35. The fraction of sp³-hybridized carbons (Fsp3) is 0.500. The van der Waals surface area contributed by atoms with Crippen LogP contribution in [0.5, 0.6) is 0 Å². The maximum atomic E-state index is 13.1. The van der Waals surface area contributed by atoms with Crippen molar-refractivity contribution in [2.45, 2.75) is 30.0 Å². The van der Waals surface area contributed by atoms with Crippen LogP contribution in [0.1, 0.15) is 28.8 Å². The van der Waals surface area contributed by atoms with Crippen molar-refractivity contribution in [3.8, 4) is 0 Å². The molecule has 0 radical (unpaired) electrons. The van der Waals surface area contributed by atoms with E-state index in [1.54, 1.807) is 0 Å². The summed E-state index contributed by atoms with van der Waals surface area (Å²) in [6.45, 7) is 1.18. The summed E-state index contributed by atoms with van der Waals surface area (Å²) in [5.41, 5.74) is -2.08. The number of methoxy groups -OCH3 is 1. The summed E-state index contributed by atoms with van der Waals surface area (Å²) in [5.74, 6) is -1.18. The van der Waals surface area contributed by atoms with Gasteiger partial charge in [0.2, 0.25) is 10.0 Å². The van der Waals surface area contributed by atoms with Gasteiger partial charge in [-0.05, 0) is 37.6 Å². The van der Waals surface area contributed by atoms with Crippen LogP contribution in [0.4, 0.5) is 13.2 Å². The van der Waals surface area contributed by atoms with Crippen molar-refractivity contribution >= 4 is 28.4 Å². The van der Waals surface area contributed by atoms with Gasteiger partial charge in [0, 0.05) is 12.6 Å². The van der Waals surface area contributed by atoms with Crippen LogP contribution in [0, 0.1) is 0 Å². The van der Waals surface area contributed by atoms with Gasteiger partial charge in [0.05, 0.1) is 23.1 Å². The number of benzene rings is 1. The molecular formula is C14H18ClF3N2O4S. The van der Waals surface area contributed by atoms with Crippen molar-refractivity contribution in [1.82, 2.24) is 10.0 Å². The lowest BCUT2D eigenvalue weighted by Gasteiger charge is -2.24. The van der Waals surface area contributed by atoms with Crippen molar-refractivity contribution in [2.24, 2.45) is 0 Å². The van der Waals surface area contributed by atoms with E-state index in [0.29, 0.717) is 19.0 Å². The van der Waals surface area contributed by atoms with Crippen molar-refractivity contribution in [3.63, 3.8) is 0 Å². The molecule has 1 aliphatic rings. The van der Waals surface area contributed by atoms with Crippen molar-refractivity contribution < 1.29 is 31.1 Å². The van der Waals surface area contributed by atoms with Gasteiger partial charge in [-0.2, -0.15) is 13.2 Å². The fourth-order valence-electron chi connectivity index (χ4n) is 2.45. The minimum Gasteiger partial charge on any atom is -0.465 e. The summed E-state index contributed by atoms with van der Waals surface area (Å²) in [6.07, 6.45) is -3.53. The van der Waals surface area contributed by atoms with Crippen LogP contribution in [0.25, 0.3) is 0 Å². The number of rotatable bonds is 4. The molecule has 0 saturated carbocycles. The Morgan fingerprint density at radius 1 is 1.36 bits per heavy atom. The van der Waals surface area contributed by atoms with Gasteiger partial charge >= 0.3 is 12.1 Å². The third-order valence-corrected chi connectivity index (χ3v) is 5.15. The maximum absolute atomic E-state index is 13.1.